The van der Waals surface area contributed by atoms with Crippen LogP contribution in [0.5, 0.6) is 0 Å². The van der Waals surface area contributed by atoms with E-state index in [0.717, 1.165) is 9.79 Å². The van der Waals surface area contributed by atoms with Gasteiger partial charge in [-0.05, 0) is 49.7 Å². The first-order valence-electron chi connectivity index (χ1n) is 11.7. The van der Waals surface area contributed by atoms with E-state index < -0.39 is 0 Å². The van der Waals surface area contributed by atoms with Gasteiger partial charge in [-0.25, -0.2) is 0 Å². The van der Waals surface area contributed by atoms with Crippen LogP contribution in [0.4, 0.5) is 0 Å². The molecule has 0 amide bonds. The monoisotopic (exact) mass is 617 g/mol. The van der Waals surface area contributed by atoms with Crippen LogP contribution in [0, 0.1) is 20.8 Å². The summed E-state index contributed by atoms with van der Waals surface area (Å²) >= 11 is 9.99. The molecular weight excluding hydrogens is 579 g/mol. The van der Waals surface area contributed by atoms with Gasteiger partial charge in [-0.2, -0.15) is 9.79 Å². The molecule has 8 nitrogen and oxygen atoms in total. The Morgan fingerprint density at radius 1 is 0.487 bits per heavy atom. The maximum atomic E-state index is 9.60. The second kappa shape index (κ2) is 20.2. The molecule has 0 unspecified atom stereocenters. The van der Waals surface area contributed by atoms with Crippen LogP contribution in [-0.4, -0.2) is 22.8 Å². The van der Waals surface area contributed by atoms with Gasteiger partial charge in [-0.3, -0.25) is 0 Å². The average Bonchev–Trinajstić information content (AvgIpc) is 2.87. The van der Waals surface area contributed by atoms with Crippen molar-refractivity contribution in [2.24, 2.45) is 20.6 Å². The van der Waals surface area contributed by atoms with E-state index in [1.165, 1.54) is 38.8 Å². The van der Waals surface area contributed by atoms with E-state index in [9.17, 15) is 20.8 Å². The van der Waals surface area contributed by atoms with E-state index in [1.54, 1.807) is 0 Å². The van der Waals surface area contributed by atoms with Gasteiger partial charge in [0, 0.05) is 22.8 Å². The second-order valence-corrected chi connectivity index (χ2v) is 11.2. The third-order valence-electron chi connectivity index (χ3n) is 5.04. The summed E-state index contributed by atoms with van der Waals surface area (Å²) in [6.45, 7) is 18.9. The molecule has 0 N–H and O–H groups in total. The maximum absolute atomic E-state index is 9.60. The predicted molar refractivity (Wildman–Crippen MR) is 167 cm³/mol. The maximum Gasteiger partial charge on any atom is 2.00 e. The van der Waals surface area contributed by atoms with Gasteiger partial charge in [-0.1, -0.05) is 90.1 Å². The molecule has 0 aromatic heterocycles. The minimum absolute atomic E-state index is 0. The zero-order chi connectivity index (χ0) is 30.1. The Labute approximate surface area is 255 Å². The Morgan fingerprint density at radius 3 is 0.795 bits per heavy atom. The molecular formula is C28H38CoN4O4S2-4. The molecule has 0 saturated carbocycles. The van der Waals surface area contributed by atoms with Crippen molar-refractivity contribution in [1.82, 2.24) is 0 Å². The van der Waals surface area contributed by atoms with E-state index in [1.807, 2.05) is 24.3 Å². The van der Waals surface area contributed by atoms with Crippen LogP contribution in [0.3, 0.4) is 0 Å². The van der Waals surface area contributed by atoms with Crippen molar-refractivity contribution in [3.8, 4) is 0 Å². The molecule has 0 fully saturated rings. The van der Waals surface area contributed by atoms with Gasteiger partial charge in [0.25, 0.3) is 0 Å². The van der Waals surface area contributed by atoms with Crippen LogP contribution < -0.4 is 0 Å². The van der Waals surface area contributed by atoms with Crippen LogP contribution in [0.25, 0.3) is 0 Å². The molecule has 2 aromatic carbocycles. The fourth-order valence-electron chi connectivity index (χ4n) is 2.17. The van der Waals surface area contributed by atoms with Gasteiger partial charge >= 0.3 is 16.8 Å². The van der Waals surface area contributed by atoms with Crippen molar-refractivity contribution in [3.63, 3.8) is 0 Å². The molecule has 0 heterocycles. The smallest absolute Gasteiger partial charge is 0.792 e. The Hall–Kier alpha value is -2.73. The second-order valence-electron chi connectivity index (χ2n) is 10.3. The Balaban J connectivity index is -0.000000445. The molecule has 0 atom stereocenters. The third-order valence-corrected chi connectivity index (χ3v) is 5.58. The van der Waals surface area contributed by atoms with Crippen LogP contribution in [0.15, 0.2) is 78.9 Å². The minimum atomic E-state index is 0. The van der Waals surface area contributed by atoms with E-state index in [-0.39, 0.29) is 50.5 Å². The van der Waals surface area contributed by atoms with Crippen LogP contribution in [0.2, 0.25) is 0 Å². The van der Waals surface area contributed by atoms with Crippen LogP contribution in [0.1, 0.15) is 80.4 Å². The Kier molecular flexibility index (Phi) is 21.1. The van der Waals surface area contributed by atoms with Gasteiger partial charge in [0.2, 0.25) is 0 Å². The largest absolute Gasteiger partial charge is 2.00 e. The van der Waals surface area contributed by atoms with E-state index in [0.29, 0.717) is 0 Å². The summed E-state index contributed by atoms with van der Waals surface area (Å²) in [5.41, 5.74) is 3.71. The van der Waals surface area contributed by atoms with Crippen molar-refractivity contribution in [2.75, 3.05) is 0 Å². The molecule has 39 heavy (non-hydrogen) atoms. The third kappa shape index (κ3) is 19.0. The molecule has 0 spiro atoms. The molecule has 0 aliphatic rings. The van der Waals surface area contributed by atoms with Crippen molar-refractivity contribution in [2.45, 2.75) is 89.9 Å². The molecule has 0 aliphatic carbocycles. The average molecular weight is 618 g/mol. The van der Waals surface area contributed by atoms with E-state index in [4.69, 9.17) is 25.3 Å². The summed E-state index contributed by atoms with van der Waals surface area (Å²) in [7, 11) is 0. The quantitative estimate of drug-likeness (QED) is 0.193. The molecule has 1 radical (unpaired) electrons. The van der Waals surface area contributed by atoms with Crippen molar-refractivity contribution in [1.29, 1.82) is 0 Å². The summed E-state index contributed by atoms with van der Waals surface area (Å²) in [6.07, 6.45) is 0. The van der Waals surface area contributed by atoms with Crippen molar-refractivity contribution < 1.29 is 16.8 Å². The minimum Gasteiger partial charge on any atom is -0.792 e. The molecule has 0 bridgehead atoms. The first-order chi connectivity index (χ1) is 17.4. The van der Waals surface area contributed by atoms with E-state index in [2.05, 4.69) is 86.4 Å². The summed E-state index contributed by atoms with van der Waals surface area (Å²) in [6, 6.07) is 16.3. The number of benzene rings is 2. The first kappa shape index (κ1) is 40.8. The van der Waals surface area contributed by atoms with Crippen LogP contribution in [-0.2, 0) is 52.9 Å². The van der Waals surface area contributed by atoms with E-state index >= 15 is 0 Å². The van der Waals surface area contributed by atoms with Gasteiger partial charge < -0.3 is 66.7 Å². The number of nitrogens with zero attached hydrogens (tertiary/aromatic N) is 4. The SMILES string of the molecule is CC(=N[O-])C(C)=N[O-].CC(=N[O-])C(C)=N[O-].CC(C)(C)c1ccc([S-])cc1.CC(C)(C)c1ccc([S-])cc1.[Co+2]. The van der Waals surface area contributed by atoms with Crippen LogP contribution >= 0.6 is 0 Å². The number of hydrogen-bond donors (Lipinski definition) is 0. The van der Waals surface area contributed by atoms with Crippen molar-refractivity contribution >= 4 is 48.1 Å². The normalized spacial score (nSPS) is 12.4. The number of rotatable bonds is 2. The van der Waals surface area contributed by atoms with Crippen molar-refractivity contribution in [3.05, 3.63) is 80.5 Å². The topological polar surface area (TPSA) is 142 Å². The Morgan fingerprint density at radius 2 is 0.667 bits per heavy atom. The number of hydrogen-bond acceptors (Lipinski definition) is 10. The molecule has 2 rings (SSSR count). The summed E-state index contributed by atoms with van der Waals surface area (Å²) in [4.78, 5) is 1.83. The Bertz CT molecular complexity index is 953. The summed E-state index contributed by atoms with van der Waals surface area (Å²) in [5.74, 6) is 0. The molecule has 0 saturated heterocycles. The predicted octanol–water partition coefficient (Wildman–Crippen LogP) is 7.58. The summed E-state index contributed by atoms with van der Waals surface area (Å²) in [5, 5.41) is 48.4. The first-order valence-corrected chi connectivity index (χ1v) is 12.5. The van der Waals surface area contributed by atoms with Gasteiger partial charge in [-0.15, -0.1) is 0 Å². The van der Waals surface area contributed by atoms with Gasteiger partial charge in [0.15, 0.2) is 0 Å². The van der Waals surface area contributed by atoms with Gasteiger partial charge in [0.1, 0.15) is 0 Å². The van der Waals surface area contributed by atoms with Gasteiger partial charge in [0.05, 0.1) is 0 Å². The molecule has 2 aromatic rings. The fraction of sp³-hybridized carbons (Fsp3) is 0.429. The zero-order valence-electron chi connectivity index (χ0n) is 24.2. The molecule has 11 heteroatoms. The molecule has 219 valence electrons. The summed E-state index contributed by atoms with van der Waals surface area (Å²) < 4.78 is 0. The molecule has 0 aliphatic heterocycles. The standard InChI is InChI=1S/2C10H14S.2C4H8N2O2.Co/c2*1-10(2,3)8-4-6-9(11)7-5-8;2*1-3(5-7)4(2)6-8;/h2*4-7,11H,1-3H3;2*7-8H,1-2H3;/q;;;;+2/p-6. The zero-order valence-corrected chi connectivity index (χ0v) is 26.9. The fourth-order valence-corrected chi connectivity index (χ4v) is 2.45.